The summed E-state index contributed by atoms with van der Waals surface area (Å²) in [6, 6.07) is -0.626. The third-order valence-electron chi connectivity index (χ3n) is 2.11. The van der Waals surface area contributed by atoms with E-state index in [2.05, 4.69) is 9.97 Å². The highest BCUT2D eigenvalue weighted by Crippen LogP contribution is 2.15. The van der Waals surface area contributed by atoms with E-state index in [1.807, 2.05) is 0 Å². The second-order valence-electron chi connectivity index (χ2n) is 3.19. The summed E-state index contributed by atoms with van der Waals surface area (Å²) in [5, 5.41) is -0.654. The summed E-state index contributed by atoms with van der Waals surface area (Å²) in [4.78, 5) is 7.79. The lowest BCUT2D eigenvalue weighted by molar-refractivity contribution is 0.566. The van der Waals surface area contributed by atoms with Gasteiger partial charge in [-0.25, -0.2) is 8.42 Å². The molecule has 78 valence electrons. The maximum absolute atomic E-state index is 11.2. The lowest BCUT2D eigenvalue weighted by atomic mass is 10.2. The summed E-state index contributed by atoms with van der Waals surface area (Å²) in [7, 11) is -3.14. The average Bonchev–Trinajstić information content (AvgIpc) is 2.15. The molecule has 2 N–H and O–H groups in total. The van der Waals surface area contributed by atoms with Crippen LogP contribution in [-0.4, -0.2) is 29.9 Å². The molecule has 0 spiro atoms. The van der Waals surface area contributed by atoms with E-state index >= 15 is 0 Å². The van der Waals surface area contributed by atoms with Crippen molar-refractivity contribution < 1.29 is 8.42 Å². The van der Waals surface area contributed by atoms with Crippen LogP contribution < -0.4 is 5.73 Å². The van der Waals surface area contributed by atoms with Gasteiger partial charge in [-0.1, -0.05) is 0 Å². The molecule has 0 radical (unpaired) electrons. The standard InChI is InChI=1S/C8H13N3O2S/c1-6(14(2,12)13)8(9)7-5-10-3-4-11-7/h3-6,8H,9H2,1-2H3. The Balaban J connectivity index is 2.92. The highest BCUT2D eigenvalue weighted by Gasteiger charge is 2.24. The highest BCUT2D eigenvalue weighted by atomic mass is 32.2. The summed E-state index contributed by atoms with van der Waals surface area (Å²) in [6.07, 6.45) is 5.64. The maximum Gasteiger partial charge on any atom is 0.151 e. The zero-order chi connectivity index (χ0) is 10.8. The molecule has 5 nitrogen and oxygen atoms in total. The van der Waals surface area contributed by atoms with Crippen molar-refractivity contribution in [3.8, 4) is 0 Å². The molecule has 1 heterocycles. The number of nitrogens with zero attached hydrogens (tertiary/aromatic N) is 2. The van der Waals surface area contributed by atoms with Crippen molar-refractivity contribution >= 4 is 9.84 Å². The van der Waals surface area contributed by atoms with Gasteiger partial charge in [0, 0.05) is 18.6 Å². The molecular formula is C8H13N3O2S. The first-order chi connectivity index (χ1) is 6.43. The van der Waals surface area contributed by atoms with Crippen LogP contribution in [0.15, 0.2) is 18.6 Å². The first kappa shape index (κ1) is 11.1. The minimum absolute atomic E-state index is 0.491. The summed E-state index contributed by atoms with van der Waals surface area (Å²) >= 11 is 0. The Kier molecular flexibility index (Phi) is 3.17. The third kappa shape index (κ3) is 2.49. The van der Waals surface area contributed by atoms with Gasteiger partial charge in [0.1, 0.15) is 0 Å². The van der Waals surface area contributed by atoms with E-state index in [4.69, 9.17) is 5.73 Å². The molecule has 1 rings (SSSR count). The van der Waals surface area contributed by atoms with E-state index in [0.29, 0.717) is 5.69 Å². The van der Waals surface area contributed by atoms with Crippen LogP contribution in [0.1, 0.15) is 18.7 Å². The molecule has 0 aliphatic heterocycles. The van der Waals surface area contributed by atoms with Crippen LogP contribution in [-0.2, 0) is 9.84 Å². The van der Waals surface area contributed by atoms with Crippen LogP contribution in [0.25, 0.3) is 0 Å². The van der Waals surface area contributed by atoms with Crippen LogP contribution in [0.5, 0.6) is 0 Å². The second-order valence-corrected chi connectivity index (χ2v) is 5.59. The predicted octanol–water partition coefficient (Wildman–Crippen LogP) is -0.0905. The summed E-state index contributed by atoms with van der Waals surface area (Å²) in [5.41, 5.74) is 6.23. The summed E-state index contributed by atoms with van der Waals surface area (Å²) in [5.74, 6) is 0. The van der Waals surface area contributed by atoms with E-state index in [9.17, 15) is 8.42 Å². The summed E-state index contributed by atoms with van der Waals surface area (Å²) in [6.45, 7) is 1.56. The molecular weight excluding hydrogens is 202 g/mol. The van der Waals surface area contributed by atoms with Crippen molar-refractivity contribution in [3.63, 3.8) is 0 Å². The van der Waals surface area contributed by atoms with Crippen molar-refractivity contribution in [2.45, 2.75) is 18.2 Å². The number of rotatable bonds is 3. The van der Waals surface area contributed by atoms with E-state index in [-0.39, 0.29) is 0 Å². The monoisotopic (exact) mass is 215 g/mol. The predicted molar refractivity (Wildman–Crippen MR) is 53.3 cm³/mol. The molecule has 0 bridgehead atoms. The van der Waals surface area contributed by atoms with Crippen molar-refractivity contribution in [3.05, 3.63) is 24.3 Å². The van der Waals surface area contributed by atoms with Gasteiger partial charge in [-0.15, -0.1) is 0 Å². The van der Waals surface area contributed by atoms with Gasteiger partial charge in [0.2, 0.25) is 0 Å². The molecule has 0 fully saturated rings. The fraction of sp³-hybridized carbons (Fsp3) is 0.500. The van der Waals surface area contributed by atoms with Crippen molar-refractivity contribution in [1.29, 1.82) is 0 Å². The van der Waals surface area contributed by atoms with Crippen LogP contribution in [0, 0.1) is 0 Å². The Morgan fingerprint density at radius 3 is 2.50 bits per heavy atom. The van der Waals surface area contributed by atoms with E-state index in [1.165, 1.54) is 18.6 Å². The smallest absolute Gasteiger partial charge is 0.151 e. The molecule has 1 aromatic heterocycles. The van der Waals surface area contributed by atoms with Crippen LogP contribution >= 0.6 is 0 Å². The topological polar surface area (TPSA) is 85.9 Å². The number of hydrogen-bond acceptors (Lipinski definition) is 5. The van der Waals surface area contributed by atoms with E-state index < -0.39 is 21.1 Å². The van der Waals surface area contributed by atoms with Gasteiger partial charge in [-0.05, 0) is 6.92 Å². The zero-order valence-electron chi connectivity index (χ0n) is 8.08. The van der Waals surface area contributed by atoms with E-state index in [0.717, 1.165) is 6.26 Å². The Hall–Kier alpha value is -1.01. The highest BCUT2D eigenvalue weighted by molar-refractivity contribution is 7.91. The second kappa shape index (κ2) is 4.02. The van der Waals surface area contributed by atoms with Gasteiger partial charge in [0.05, 0.1) is 23.2 Å². The first-order valence-corrected chi connectivity index (χ1v) is 6.08. The van der Waals surface area contributed by atoms with Gasteiger partial charge in [0.15, 0.2) is 9.84 Å². The fourth-order valence-electron chi connectivity index (χ4n) is 0.990. The average molecular weight is 215 g/mol. The molecule has 2 unspecified atom stereocenters. The largest absolute Gasteiger partial charge is 0.322 e. The van der Waals surface area contributed by atoms with Crippen LogP contribution in [0.4, 0.5) is 0 Å². The Bertz CT molecular complexity index is 390. The lowest BCUT2D eigenvalue weighted by Crippen LogP contribution is -2.31. The molecule has 6 heteroatoms. The molecule has 0 saturated carbocycles. The zero-order valence-corrected chi connectivity index (χ0v) is 8.90. The Labute approximate surface area is 83.3 Å². The normalized spacial score (nSPS) is 16.2. The minimum atomic E-state index is -3.14. The fourth-order valence-corrected chi connectivity index (χ4v) is 1.66. The molecule has 0 aliphatic rings. The van der Waals surface area contributed by atoms with Crippen molar-refractivity contribution in [2.75, 3.05) is 6.26 Å². The third-order valence-corrected chi connectivity index (χ3v) is 3.75. The van der Waals surface area contributed by atoms with Gasteiger partial charge in [-0.2, -0.15) is 0 Å². The molecule has 2 atom stereocenters. The van der Waals surface area contributed by atoms with Crippen molar-refractivity contribution in [2.24, 2.45) is 5.73 Å². The quantitative estimate of drug-likeness (QED) is 0.761. The molecule has 0 aromatic carbocycles. The Morgan fingerprint density at radius 1 is 1.43 bits per heavy atom. The van der Waals surface area contributed by atoms with E-state index in [1.54, 1.807) is 6.92 Å². The van der Waals surface area contributed by atoms with Gasteiger partial charge in [-0.3, -0.25) is 9.97 Å². The molecule has 14 heavy (non-hydrogen) atoms. The number of sulfone groups is 1. The number of hydrogen-bond donors (Lipinski definition) is 1. The molecule has 1 aromatic rings. The van der Waals surface area contributed by atoms with Gasteiger partial charge in [0.25, 0.3) is 0 Å². The summed E-state index contributed by atoms with van der Waals surface area (Å²) < 4.78 is 22.4. The van der Waals surface area contributed by atoms with Gasteiger partial charge >= 0.3 is 0 Å². The molecule has 0 amide bonds. The first-order valence-electron chi connectivity index (χ1n) is 4.13. The Morgan fingerprint density at radius 2 is 2.07 bits per heavy atom. The molecule has 0 saturated heterocycles. The van der Waals surface area contributed by atoms with Crippen molar-refractivity contribution in [1.82, 2.24) is 9.97 Å². The lowest BCUT2D eigenvalue weighted by Gasteiger charge is -2.16. The maximum atomic E-state index is 11.2. The number of aromatic nitrogens is 2. The van der Waals surface area contributed by atoms with Crippen LogP contribution in [0.3, 0.4) is 0 Å². The van der Waals surface area contributed by atoms with Crippen LogP contribution in [0.2, 0.25) is 0 Å². The van der Waals surface area contributed by atoms with Gasteiger partial charge < -0.3 is 5.73 Å². The molecule has 0 aliphatic carbocycles. The number of nitrogens with two attached hydrogens (primary N) is 1. The minimum Gasteiger partial charge on any atom is -0.322 e. The SMILES string of the molecule is CC(C(N)c1cnccn1)S(C)(=O)=O.